The quantitative estimate of drug-likeness (QED) is 0.722. The second-order valence-corrected chi connectivity index (χ2v) is 8.93. The number of hydrogen-bond donors (Lipinski definition) is 2. The van der Waals surface area contributed by atoms with E-state index in [-0.39, 0.29) is 17.7 Å². The Morgan fingerprint density at radius 2 is 1.88 bits per heavy atom. The molecule has 1 aromatic heterocycles. The Kier molecular flexibility index (Phi) is 7.05. The third-order valence-electron chi connectivity index (χ3n) is 6.64. The van der Waals surface area contributed by atoms with Crippen molar-refractivity contribution >= 4 is 23.1 Å². The number of carbonyl (C=O) groups is 2. The van der Waals surface area contributed by atoms with E-state index < -0.39 is 6.04 Å². The number of rotatable bonds is 6. The summed E-state index contributed by atoms with van der Waals surface area (Å²) in [7, 11) is 1.72. The van der Waals surface area contributed by atoms with Crippen LogP contribution in [0.5, 0.6) is 0 Å². The summed E-state index contributed by atoms with van der Waals surface area (Å²) in [6.45, 7) is 3.63. The number of nitrogens with zero attached hydrogens (tertiary/aromatic N) is 2. The van der Waals surface area contributed by atoms with Gasteiger partial charge < -0.3 is 15.4 Å². The summed E-state index contributed by atoms with van der Waals surface area (Å²) in [5.41, 5.74) is 3.59. The summed E-state index contributed by atoms with van der Waals surface area (Å²) in [6.07, 6.45) is 8.59. The molecule has 1 fully saturated rings. The number of aromatic nitrogens is 2. The second-order valence-electron chi connectivity index (χ2n) is 8.93. The van der Waals surface area contributed by atoms with E-state index in [2.05, 4.69) is 28.7 Å². The number of aryl methyl sites for hydroxylation is 1. The zero-order valence-electron chi connectivity index (χ0n) is 18.8. The van der Waals surface area contributed by atoms with Gasteiger partial charge in [0.25, 0.3) is 5.91 Å². The fraction of sp³-hybridized carbons (Fsp3) is 0.480. The third kappa shape index (κ3) is 5.27. The molecule has 7 nitrogen and oxygen atoms in total. The smallest absolute Gasteiger partial charge is 0.270 e. The van der Waals surface area contributed by atoms with Crippen LogP contribution < -0.4 is 10.6 Å². The molecule has 0 saturated heterocycles. The van der Waals surface area contributed by atoms with Crippen LogP contribution in [0.15, 0.2) is 42.6 Å². The number of hydrogen-bond acceptors (Lipinski definition) is 4. The largest absolute Gasteiger partial charge is 0.377 e. The van der Waals surface area contributed by atoms with Crippen molar-refractivity contribution in [3.63, 3.8) is 0 Å². The minimum atomic E-state index is -0.581. The summed E-state index contributed by atoms with van der Waals surface area (Å²) in [4.78, 5) is 26.1. The number of ether oxygens (including phenoxy) is 1. The highest BCUT2D eigenvalue weighted by Gasteiger charge is 2.33. The molecule has 2 N–H and O–H groups in total. The second kappa shape index (κ2) is 10.1. The Hall–Kier alpha value is -2.93. The summed E-state index contributed by atoms with van der Waals surface area (Å²) >= 11 is 0. The van der Waals surface area contributed by atoms with Gasteiger partial charge >= 0.3 is 0 Å². The van der Waals surface area contributed by atoms with Crippen LogP contribution in [-0.4, -0.2) is 40.9 Å². The van der Waals surface area contributed by atoms with E-state index in [4.69, 9.17) is 4.74 Å². The van der Waals surface area contributed by atoms with Crippen LogP contribution >= 0.6 is 0 Å². The molecular formula is C25H32N4O3. The Balaban J connectivity index is 1.47. The van der Waals surface area contributed by atoms with E-state index >= 15 is 0 Å². The number of carbonyl (C=O) groups excluding carboxylic acids is 2. The average molecular weight is 437 g/mol. The lowest BCUT2D eigenvalue weighted by atomic mass is 9.79. The van der Waals surface area contributed by atoms with Crippen molar-refractivity contribution in [3.05, 3.63) is 53.9 Å². The normalized spacial score (nSPS) is 22.0. The van der Waals surface area contributed by atoms with Crippen LogP contribution in [0.25, 0.3) is 5.57 Å². The van der Waals surface area contributed by atoms with Crippen molar-refractivity contribution in [1.29, 1.82) is 0 Å². The molecule has 1 saturated carbocycles. The maximum atomic E-state index is 13.3. The van der Waals surface area contributed by atoms with Gasteiger partial charge in [0.05, 0.1) is 13.2 Å². The first-order valence-electron chi connectivity index (χ1n) is 11.5. The maximum absolute atomic E-state index is 13.3. The van der Waals surface area contributed by atoms with Crippen molar-refractivity contribution in [2.45, 2.75) is 45.1 Å². The van der Waals surface area contributed by atoms with Gasteiger partial charge in [0.15, 0.2) is 0 Å². The lowest BCUT2D eigenvalue weighted by Crippen LogP contribution is -2.49. The molecule has 170 valence electrons. The van der Waals surface area contributed by atoms with E-state index in [0.717, 1.165) is 50.0 Å². The molecule has 0 bridgehead atoms. The summed E-state index contributed by atoms with van der Waals surface area (Å²) in [5.74, 6) is 0.341. The fourth-order valence-corrected chi connectivity index (χ4v) is 4.61. The highest BCUT2D eigenvalue weighted by Crippen LogP contribution is 2.31. The molecule has 0 radical (unpaired) electrons. The van der Waals surface area contributed by atoms with Crippen LogP contribution in [0.3, 0.4) is 0 Å². The van der Waals surface area contributed by atoms with Gasteiger partial charge in [-0.05, 0) is 60.4 Å². The summed E-state index contributed by atoms with van der Waals surface area (Å²) in [5, 5.41) is 10.1. The van der Waals surface area contributed by atoms with Gasteiger partial charge in [-0.15, -0.1) is 0 Å². The van der Waals surface area contributed by atoms with E-state index in [1.54, 1.807) is 19.3 Å². The molecule has 2 aromatic rings. The molecule has 1 aliphatic heterocycles. The minimum Gasteiger partial charge on any atom is -0.377 e. The molecule has 1 unspecified atom stereocenters. The number of nitrogens with one attached hydrogen (secondary N) is 2. The van der Waals surface area contributed by atoms with E-state index in [9.17, 15) is 9.59 Å². The third-order valence-corrected chi connectivity index (χ3v) is 6.64. The van der Waals surface area contributed by atoms with Gasteiger partial charge in [-0.25, -0.2) is 0 Å². The van der Waals surface area contributed by atoms with Crippen LogP contribution in [0.2, 0.25) is 0 Å². The van der Waals surface area contributed by atoms with Crippen molar-refractivity contribution in [2.24, 2.45) is 18.9 Å². The fourth-order valence-electron chi connectivity index (χ4n) is 4.61. The first-order chi connectivity index (χ1) is 15.5. The first-order valence-corrected chi connectivity index (χ1v) is 11.5. The zero-order chi connectivity index (χ0) is 22.5. The zero-order valence-corrected chi connectivity index (χ0v) is 18.8. The Morgan fingerprint density at radius 3 is 2.50 bits per heavy atom. The van der Waals surface area contributed by atoms with Crippen LogP contribution in [0.1, 0.15) is 55.1 Å². The number of anilines is 1. The average Bonchev–Trinajstić information content (AvgIpc) is 3.25. The predicted molar refractivity (Wildman–Crippen MR) is 124 cm³/mol. The van der Waals surface area contributed by atoms with Gasteiger partial charge in [0, 0.05) is 18.9 Å². The van der Waals surface area contributed by atoms with Crippen molar-refractivity contribution in [3.8, 4) is 0 Å². The Bertz CT molecular complexity index is 971. The van der Waals surface area contributed by atoms with Crippen molar-refractivity contribution in [1.82, 2.24) is 15.1 Å². The highest BCUT2D eigenvalue weighted by molar-refractivity contribution is 6.00. The molecule has 0 spiro atoms. The van der Waals surface area contributed by atoms with Crippen LogP contribution in [0.4, 0.5) is 5.69 Å². The van der Waals surface area contributed by atoms with Gasteiger partial charge in [-0.3, -0.25) is 14.3 Å². The lowest BCUT2D eigenvalue weighted by molar-refractivity contribution is -0.119. The molecule has 7 heteroatoms. The molecule has 2 aliphatic rings. The minimum absolute atomic E-state index is 0.120. The molecule has 32 heavy (non-hydrogen) atoms. The molecule has 1 aromatic carbocycles. The van der Waals surface area contributed by atoms with Gasteiger partial charge in [0.2, 0.25) is 5.91 Å². The summed E-state index contributed by atoms with van der Waals surface area (Å²) < 4.78 is 6.91. The van der Waals surface area contributed by atoms with E-state index in [0.29, 0.717) is 18.2 Å². The van der Waals surface area contributed by atoms with E-state index in [1.165, 1.54) is 10.3 Å². The lowest BCUT2D eigenvalue weighted by Gasteiger charge is -2.32. The topological polar surface area (TPSA) is 85.2 Å². The molecule has 4 rings (SSSR count). The molecule has 2 amide bonds. The Morgan fingerprint density at radius 1 is 1.12 bits per heavy atom. The van der Waals surface area contributed by atoms with Crippen molar-refractivity contribution in [2.75, 3.05) is 18.5 Å². The summed E-state index contributed by atoms with van der Waals surface area (Å²) in [6, 6.07) is 8.98. The van der Waals surface area contributed by atoms with Gasteiger partial charge in [0.1, 0.15) is 11.7 Å². The molecule has 1 aliphatic carbocycles. The molecule has 1 atom stereocenters. The predicted octanol–water partition coefficient (Wildman–Crippen LogP) is 3.79. The van der Waals surface area contributed by atoms with Gasteiger partial charge in [-0.2, -0.15) is 5.10 Å². The Labute approximate surface area is 189 Å². The molecule has 2 heterocycles. The number of benzene rings is 1. The number of amides is 2. The van der Waals surface area contributed by atoms with Crippen molar-refractivity contribution < 1.29 is 14.3 Å². The van der Waals surface area contributed by atoms with E-state index in [1.807, 2.05) is 24.3 Å². The first kappa shape index (κ1) is 22.3. The van der Waals surface area contributed by atoms with Crippen LogP contribution in [-0.2, 0) is 16.6 Å². The maximum Gasteiger partial charge on any atom is 0.270 e. The van der Waals surface area contributed by atoms with Crippen LogP contribution in [0, 0.1) is 11.8 Å². The molecular weight excluding hydrogens is 404 g/mol. The monoisotopic (exact) mass is 436 g/mol. The van der Waals surface area contributed by atoms with Gasteiger partial charge in [-0.1, -0.05) is 38.0 Å². The highest BCUT2D eigenvalue weighted by atomic mass is 16.5. The SMILES string of the molecule is CC1CCC(C(NC(=O)c2ccnn2C)C(=O)Nc2ccc(C3=CCOCC3)cc2)CC1. The standard InChI is InChI=1S/C25H32N4O3/c1-17-3-5-20(6-4-17)23(28-24(30)22-11-14-26-29(22)2)25(31)27-21-9-7-18(8-10-21)19-12-15-32-16-13-19/h7-12,14,17,20,23H,3-6,13,15-16H2,1-2H3,(H,27,31)(H,28,30).